The maximum Gasteiger partial charge on any atom is 0.453 e. The highest BCUT2D eigenvalue weighted by Crippen LogP contribution is 2.42. The highest BCUT2D eigenvalue weighted by atomic mass is 19.4. The highest BCUT2D eigenvalue weighted by Gasteiger charge is 2.42. The van der Waals surface area contributed by atoms with Gasteiger partial charge in [0.05, 0.1) is 0 Å². The molecule has 4 rings (SSSR count). The summed E-state index contributed by atoms with van der Waals surface area (Å²) in [4.78, 5) is 18.8. The molecule has 0 spiro atoms. The molecule has 9 heteroatoms. The first-order valence-electron chi connectivity index (χ1n) is 10.1. The molecule has 2 aromatic rings. The van der Waals surface area contributed by atoms with E-state index in [4.69, 9.17) is 0 Å². The quantitative estimate of drug-likeness (QED) is 0.795. The maximum absolute atomic E-state index is 13.3. The van der Waals surface area contributed by atoms with Gasteiger partial charge >= 0.3 is 6.18 Å². The Morgan fingerprint density at radius 1 is 1.17 bits per heavy atom. The Hall–Kier alpha value is -2.84. The number of halogens is 3. The van der Waals surface area contributed by atoms with Crippen LogP contribution in [0, 0.1) is 5.92 Å². The van der Waals surface area contributed by atoms with Gasteiger partial charge in [0.15, 0.2) is 5.78 Å². The zero-order chi connectivity index (χ0) is 21.6. The van der Waals surface area contributed by atoms with Gasteiger partial charge in [-0.1, -0.05) is 19.1 Å². The topological polar surface area (TPSA) is 63.1 Å². The van der Waals surface area contributed by atoms with E-state index in [0.29, 0.717) is 29.7 Å². The third-order valence-electron chi connectivity index (χ3n) is 5.71. The van der Waals surface area contributed by atoms with E-state index in [-0.39, 0.29) is 17.6 Å². The molecule has 6 nitrogen and oxygen atoms in total. The molecule has 0 bridgehead atoms. The Kier molecular flexibility index (Phi) is 5.07. The largest absolute Gasteiger partial charge is 0.453 e. The van der Waals surface area contributed by atoms with Crippen LogP contribution in [0.15, 0.2) is 35.5 Å². The number of hydrogen-bond donors (Lipinski definition) is 1. The number of fused-ring (bicyclic) bond motifs is 1. The standard InChI is InChI=1S/C21H24F3N5O/c1-4-28(5-2)14-8-6-13(7-9-14)18-17-15(10-12(3)11-16(17)30)25-20-26-19(21(22,23)24)27-29(18)20/h6-9,12,18H,4-5,10-11H2,1-3H3,(H,25,26,27)/t12-,18-/m0/s1. The number of nitrogens with zero attached hydrogens (tertiary/aromatic N) is 4. The van der Waals surface area contributed by atoms with Gasteiger partial charge in [0.1, 0.15) is 6.04 Å². The van der Waals surface area contributed by atoms with Crippen molar-refractivity contribution in [2.24, 2.45) is 5.92 Å². The molecule has 1 aliphatic heterocycles. The van der Waals surface area contributed by atoms with E-state index < -0.39 is 18.0 Å². The summed E-state index contributed by atoms with van der Waals surface area (Å²) in [5.41, 5.74) is 2.85. The lowest BCUT2D eigenvalue weighted by atomic mass is 9.81. The molecule has 0 saturated heterocycles. The smallest absolute Gasteiger partial charge is 0.372 e. The number of nitrogens with one attached hydrogen (secondary N) is 1. The zero-order valence-corrected chi connectivity index (χ0v) is 17.1. The first-order chi connectivity index (χ1) is 14.2. The molecule has 0 fully saturated rings. The van der Waals surface area contributed by atoms with Crippen LogP contribution in [-0.4, -0.2) is 33.6 Å². The van der Waals surface area contributed by atoms with Crippen LogP contribution in [0.2, 0.25) is 0 Å². The average Bonchev–Trinajstić information content (AvgIpc) is 3.12. The van der Waals surface area contributed by atoms with Crippen LogP contribution in [0.5, 0.6) is 0 Å². The van der Waals surface area contributed by atoms with Crippen LogP contribution in [-0.2, 0) is 11.0 Å². The number of carbonyl (C=O) groups excluding carboxylic acids is 1. The number of hydrogen-bond acceptors (Lipinski definition) is 5. The molecule has 0 radical (unpaired) electrons. The number of rotatable bonds is 4. The van der Waals surface area contributed by atoms with Gasteiger partial charge in [0, 0.05) is 36.5 Å². The Balaban J connectivity index is 1.83. The molecule has 1 aromatic carbocycles. The Morgan fingerprint density at radius 2 is 1.83 bits per heavy atom. The van der Waals surface area contributed by atoms with Crippen molar-refractivity contribution >= 4 is 17.4 Å². The summed E-state index contributed by atoms with van der Waals surface area (Å²) in [7, 11) is 0. The second-order valence-electron chi connectivity index (χ2n) is 7.82. The summed E-state index contributed by atoms with van der Waals surface area (Å²) in [6.07, 6.45) is -3.71. The summed E-state index contributed by atoms with van der Waals surface area (Å²) in [6.45, 7) is 7.76. The number of benzene rings is 1. The van der Waals surface area contributed by atoms with Crippen LogP contribution < -0.4 is 10.2 Å². The van der Waals surface area contributed by atoms with Gasteiger partial charge in [-0.05, 0) is 43.9 Å². The molecule has 0 amide bonds. The van der Waals surface area contributed by atoms with E-state index in [2.05, 4.69) is 34.1 Å². The number of allylic oxidation sites excluding steroid dienone is 2. The van der Waals surface area contributed by atoms with Gasteiger partial charge in [0.25, 0.3) is 5.82 Å². The van der Waals surface area contributed by atoms with Gasteiger partial charge < -0.3 is 10.2 Å². The molecule has 2 atom stereocenters. The van der Waals surface area contributed by atoms with Crippen LogP contribution >= 0.6 is 0 Å². The predicted molar refractivity (Wildman–Crippen MR) is 107 cm³/mol. The van der Waals surface area contributed by atoms with E-state index in [1.807, 2.05) is 31.2 Å². The van der Waals surface area contributed by atoms with Crippen molar-refractivity contribution < 1.29 is 18.0 Å². The average molecular weight is 419 g/mol. The number of Topliss-reactive ketones (excluding diaryl/α,β-unsaturated/α-hetero) is 1. The SMILES string of the molecule is CCN(CC)c1ccc([C@H]2C3=C(C[C@H](C)CC3=O)Nc3nc(C(F)(F)F)nn32)cc1. The van der Waals surface area contributed by atoms with E-state index >= 15 is 0 Å². The first kappa shape index (κ1) is 20.4. The molecule has 2 heterocycles. The van der Waals surface area contributed by atoms with Crippen LogP contribution in [0.25, 0.3) is 0 Å². The minimum Gasteiger partial charge on any atom is -0.372 e. The van der Waals surface area contributed by atoms with Crippen molar-refractivity contribution in [3.8, 4) is 0 Å². The van der Waals surface area contributed by atoms with Gasteiger partial charge in [-0.25, -0.2) is 4.68 Å². The Labute approximate surface area is 172 Å². The first-order valence-corrected chi connectivity index (χ1v) is 10.1. The molecule has 0 unspecified atom stereocenters. The lowest BCUT2D eigenvalue weighted by Crippen LogP contribution is -2.33. The van der Waals surface area contributed by atoms with E-state index in [1.165, 1.54) is 4.68 Å². The third kappa shape index (κ3) is 3.46. The third-order valence-corrected chi connectivity index (χ3v) is 5.71. The minimum atomic E-state index is -4.67. The fraction of sp³-hybridized carbons (Fsp3) is 0.476. The van der Waals surface area contributed by atoms with Crippen molar-refractivity contribution in [2.75, 3.05) is 23.3 Å². The molecule has 2 aliphatic rings. The number of aromatic nitrogens is 3. The predicted octanol–water partition coefficient (Wildman–Crippen LogP) is 4.41. The van der Waals surface area contributed by atoms with Crippen molar-refractivity contribution in [1.82, 2.24) is 14.8 Å². The minimum absolute atomic E-state index is 0.0146. The fourth-order valence-corrected chi connectivity index (χ4v) is 4.29. The van der Waals surface area contributed by atoms with E-state index in [1.54, 1.807) is 0 Å². The summed E-state index contributed by atoms with van der Waals surface area (Å²) in [5, 5.41) is 6.68. The second kappa shape index (κ2) is 7.45. The number of alkyl halides is 3. The van der Waals surface area contributed by atoms with Gasteiger partial charge in [-0.2, -0.15) is 18.2 Å². The van der Waals surface area contributed by atoms with Crippen molar-refractivity contribution in [1.29, 1.82) is 0 Å². The Bertz CT molecular complexity index is 989. The number of ketones is 1. The maximum atomic E-state index is 13.3. The van der Waals surface area contributed by atoms with Gasteiger partial charge in [0.2, 0.25) is 5.95 Å². The highest BCUT2D eigenvalue weighted by molar-refractivity contribution is 5.99. The van der Waals surface area contributed by atoms with Crippen LogP contribution in [0.4, 0.5) is 24.8 Å². The monoisotopic (exact) mass is 419 g/mol. The lowest BCUT2D eigenvalue weighted by Gasteiger charge is -2.34. The van der Waals surface area contributed by atoms with E-state index in [0.717, 1.165) is 18.8 Å². The number of carbonyl (C=O) groups is 1. The summed E-state index contributed by atoms with van der Waals surface area (Å²) in [6, 6.07) is 6.85. The van der Waals surface area contributed by atoms with E-state index in [9.17, 15) is 18.0 Å². The van der Waals surface area contributed by atoms with Gasteiger partial charge in [-0.3, -0.25) is 4.79 Å². The van der Waals surface area contributed by atoms with Crippen LogP contribution in [0.1, 0.15) is 51.0 Å². The molecule has 1 N–H and O–H groups in total. The molecular weight excluding hydrogens is 395 g/mol. The Morgan fingerprint density at radius 3 is 2.43 bits per heavy atom. The molecule has 0 saturated carbocycles. The number of anilines is 2. The summed E-state index contributed by atoms with van der Waals surface area (Å²) >= 11 is 0. The normalized spacial score (nSPS) is 21.2. The zero-order valence-electron chi connectivity index (χ0n) is 17.1. The summed E-state index contributed by atoms with van der Waals surface area (Å²) < 4.78 is 41.0. The lowest BCUT2D eigenvalue weighted by molar-refractivity contribution is -0.145. The fourth-order valence-electron chi connectivity index (χ4n) is 4.29. The molecule has 1 aromatic heterocycles. The van der Waals surface area contributed by atoms with Crippen LogP contribution in [0.3, 0.4) is 0 Å². The molecule has 1 aliphatic carbocycles. The van der Waals surface area contributed by atoms with Gasteiger partial charge in [-0.15, -0.1) is 5.10 Å². The molecular formula is C21H24F3N5O. The van der Waals surface area contributed by atoms with Crippen molar-refractivity contribution in [3.63, 3.8) is 0 Å². The molecule has 30 heavy (non-hydrogen) atoms. The van der Waals surface area contributed by atoms with Crippen molar-refractivity contribution in [3.05, 3.63) is 46.9 Å². The van der Waals surface area contributed by atoms with Crippen molar-refractivity contribution in [2.45, 2.75) is 45.8 Å². The summed E-state index contributed by atoms with van der Waals surface area (Å²) in [5.74, 6) is -1.15. The molecule has 160 valence electrons. The second-order valence-corrected chi connectivity index (χ2v) is 7.82.